The number of nitro groups is 1. The van der Waals surface area contributed by atoms with Crippen molar-refractivity contribution in [3.8, 4) is 0 Å². The van der Waals surface area contributed by atoms with Crippen molar-refractivity contribution < 1.29 is 22.9 Å². The van der Waals surface area contributed by atoms with E-state index in [9.17, 15) is 28.1 Å². The fraction of sp³-hybridized carbons (Fsp3) is 0.409. The molecule has 1 saturated heterocycles. The second-order valence-electron chi connectivity index (χ2n) is 7.70. The Morgan fingerprint density at radius 2 is 1.75 bits per heavy atom. The van der Waals surface area contributed by atoms with Crippen LogP contribution in [0.15, 0.2) is 42.5 Å². The molecule has 32 heavy (non-hydrogen) atoms. The number of nitro benzene ring substituents is 1. The van der Waals surface area contributed by atoms with Crippen molar-refractivity contribution in [2.45, 2.75) is 32.5 Å². The molecule has 2 aromatic rings. The number of urea groups is 1. The fourth-order valence-electron chi connectivity index (χ4n) is 3.67. The molecule has 0 aromatic heterocycles. The first-order valence-electron chi connectivity index (χ1n) is 10.3. The normalized spacial score (nSPS) is 15.4. The summed E-state index contributed by atoms with van der Waals surface area (Å²) < 4.78 is 38.8. The van der Waals surface area contributed by atoms with E-state index in [1.54, 1.807) is 9.80 Å². The zero-order valence-electron chi connectivity index (χ0n) is 17.9. The Morgan fingerprint density at radius 3 is 2.28 bits per heavy atom. The Balaban J connectivity index is 1.63. The van der Waals surface area contributed by atoms with Crippen LogP contribution in [0, 0.1) is 10.1 Å². The van der Waals surface area contributed by atoms with E-state index < -0.39 is 22.4 Å². The average Bonchev–Trinajstić information content (AvgIpc) is 2.78. The van der Waals surface area contributed by atoms with E-state index in [-0.39, 0.29) is 30.8 Å². The highest BCUT2D eigenvalue weighted by Gasteiger charge is 2.34. The van der Waals surface area contributed by atoms with E-state index in [0.29, 0.717) is 19.2 Å². The van der Waals surface area contributed by atoms with Crippen LogP contribution in [0.3, 0.4) is 0 Å². The Bertz CT molecular complexity index is 971. The monoisotopic (exact) mass is 450 g/mol. The van der Waals surface area contributed by atoms with Crippen molar-refractivity contribution in [2.24, 2.45) is 0 Å². The molecule has 7 nitrogen and oxygen atoms in total. The predicted octanol–water partition coefficient (Wildman–Crippen LogP) is 4.77. The summed E-state index contributed by atoms with van der Waals surface area (Å²) in [6.07, 6.45) is -3.73. The Kier molecular flexibility index (Phi) is 6.90. The van der Waals surface area contributed by atoms with Crippen LogP contribution in [-0.4, -0.2) is 42.0 Å². The van der Waals surface area contributed by atoms with Crippen molar-refractivity contribution in [2.75, 3.05) is 31.1 Å². The molecule has 0 radical (unpaired) electrons. The van der Waals surface area contributed by atoms with Crippen LogP contribution in [0.2, 0.25) is 0 Å². The third-order valence-electron chi connectivity index (χ3n) is 5.63. The molecule has 0 aliphatic carbocycles. The van der Waals surface area contributed by atoms with Crippen LogP contribution < -0.4 is 10.2 Å². The van der Waals surface area contributed by atoms with Gasteiger partial charge in [-0.25, -0.2) is 4.79 Å². The van der Waals surface area contributed by atoms with E-state index in [1.165, 1.54) is 5.56 Å². The lowest BCUT2D eigenvalue weighted by Crippen LogP contribution is -2.52. The number of piperazine rings is 1. The Morgan fingerprint density at radius 1 is 1.12 bits per heavy atom. The largest absolute Gasteiger partial charge is 0.416 e. The molecular formula is C22H25F3N4O3. The van der Waals surface area contributed by atoms with Gasteiger partial charge in [-0.3, -0.25) is 10.1 Å². The van der Waals surface area contributed by atoms with Gasteiger partial charge in [-0.15, -0.1) is 0 Å². The van der Waals surface area contributed by atoms with Gasteiger partial charge in [0.1, 0.15) is 5.69 Å². The molecule has 1 aliphatic rings. The molecule has 1 aliphatic heterocycles. The Labute approximate surface area is 184 Å². The van der Waals surface area contributed by atoms with Gasteiger partial charge in [0.25, 0.3) is 5.69 Å². The number of carbonyl (C=O) groups is 1. The summed E-state index contributed by atoms with van der Waals surface area (Å²) in [7, 11) is 0. The zero-order chi connectivity index (χ0) is 23.5. The highest BCUT2D eigenvalue weighted by molar-refractivity contribution is 5.75. The molecule has 10 heteroatoms. The number of carbonyl (C=O) groups excluding carboxylic acids is 1. The van der Waals surface area contributed by atoms with Gasteiger partial charge in [0.05, 0.1) is 16.5 Å². The summed E-state index contributed by atoms with van der Waals surface area (Å²) in [5, 5.41) is 14.3. The summed E-state index contributed by atoms with van der Waals surface area (Å²) in [5.41, 5.74) is 0.650. The van der Waals surface area contributed by atoms with Crippen LogP contribution in [0.25, 0.3) is 0 Å². The minimum atomic E-state index is -4.66. The standard InChI is InChI=1S/C22H25F3N4O3/c1-3-16-4-6-17(7-5-16)15(2)26-21(30)28-12-10-27(11-13-28)19-9-8-18(22(23,24)25)14-20(19)29(31)32/h4-9,14-15H,3,10-13H2,1-2H3,(H,26,30). The fourth-order valence-corrected chi connectivity index (χ4v) is 3.67. The smallest absolute Gasteiger partial charge is 0.362 e. The topological polar surface area (TPSA) is 78.7 Å². The first-order chi connectivity index (χ1) is 15.1. The lowest BCUT2D eigenvalue weighted by molar-refractivity contribution is -0.384. The summed E-state index contributed by atoms with van der Waals surface area (Å²) in [5.74, 6) is 0. The lowest BCUT2D eigenvalue weighted by Gasteiger charge is -2.36. The third kappa shape index (κ3) is 5.30. The number of rotatable bonds is 5. The molecular weight excluding hydrogens is 425 g/mol. The molecule has 0 saturated carbocycles. The van der Waals surface area contributed by atoms with Crippen LogP contribution in [0.4, 0.5) is 29.3 Å². The molecule has 0 spiro atoms. The van der Waals surface area contributed by atoms with Crippen molar-refractivity contribution in [3.05, 3.63) is 69.3 Å². The number of aryl methyl sites for hydroxylation is 1. The van der Waals surface area contributed by atoms with Gasteiger partial charge in [-0.2, -0.15) is 13.2 Å². The zero-order valence-corrected chi connectivity index (χ0v) is 17.9. The predicted molar refractivity (Wildman–Crippen MR) is 115 cm³/mol. The number of nitrogens with zero attached hydrogens (tertiary/aromatic N) is 3. The molecule has 1 N–H and O–H groups in total. The molecule has 0 bridgehead atoms. The van der Waals surface area contributed by atoms with E-state index in [0.717, 1.165) is 24.1 Å². The summed E-state index contributed by atoms with van der Waals surface area (Å²) in [4.78, 5) is 26.4. The lowest BCUT2D eigenvalue weighted by atomic mass is 10.1. The van der Waals surface area contributed by atoms with E-state index in [4.69, 9.17) is 0 Å². The van der Waals surface area contributed by atoms with Crippen LogP contribution in [-0.2, 0) is 12.6 Å². The van der Waals surface area contributed by atoms with E-state index >= 15 is 0 Å². The van der Waals surface area contributed by atoms with Crippen LogP contribution >= 0.6 is 0 Å². The number of alkyl halides is 3. The maximum atomic E-state index is 12.9. The summed E-state index contributed by atoms with van der Waals surface area (Å²) >= 11 is 0. The van der Waals surface area contributed by atoms with Crippen LogP contribution in [0.1, 0.15) is 36.6 Å². The number of hydrogen-bond donors (Lipinski definition) is 1. The molecule has 2 aromatic carbocycles. The van der Waals surface area contributed by atoms with E-state index in [2.05, 4.69) is 12.2 Å². The quantitative estimate of drug-likeness (QED) is 0.526. The van der Waals surface area contributed by atoms with Gasteiger partial charge in [-0.1, -0.05) is 31.2 Å². The average molecular weight is 450 g/mol. The number of hydrogen-bond acceptors (Lipinski definition) is 4. The van der Waals surface area contributed by atoms with Crippen molar-refractivity contribution in [3.63, 3.8) is 0 Å². The molecule has 1 atom stereocenters. The molecule has 172 valence electrons. The number of benzene rings is 2. The second-order valence-corrected chi connectivity index (χ2v) is 7.70. The van der Waals surface area contributed by atoms with Crippen molar-refractivity contribution in [1.82, 2.24) is 10.2 Å². The van der Waals surface area contributed by atoms with Gasteiger partial charge >= 0.3 is 12.2 Å². The highest BCUT2D eigenvalue weighted by atomic mass is 19.4. The van der Waals surface area contributed by atoms with Gasteiger partial charge in [0.15, 0.2) is 0 Å². The number of halogens is 3. The first-order valence-corrected chi connectivity index (χ1v) is 10.3. The highest BCUT2D eigenvalue weighted by Crippen LogP contribution is 2.36. The van der Waals surface area contributed by atoms with Gasteiger partial charge in [-0.05, 0) is 36.6 Å². The number of nitrogens with one attached hydrogen (secondary N) is 1. The van der Waals surface area contributed by atoms with Crippen molar-refractivity contribution in [1.29, 1.82) is 0 Å². The Hall–Kier alpha value is -3.30. The molecule has 3 rings (SSSR count). The molecule has 1 unspecified atom stereocenters. The SMILES string of the molecule is CCc1ccc(C(C)NC(=O)N2CCN(c3ccc(C(F)(F)F)cc3[N+](=O)[O-])CC2)cc1. The van der Waals surface area contributed by atoms with Gasteiger partial charge in [0, 0.05) is 32.2 Å². The minimum Gasteiger partial charge on any atom is -0.362 e. The third-order valence-corrected chi connectivity index (χ3v) is 5.63. The summed E-state index contributed by atoms with van der Waals surface area (Å²) in [6, 6.07) is 10.1. The maximum absolute atomic E-state index is 12.9. The molecule has 1 heterocycles. The van der Waals surface area contributed by atoms with Gasteiger partial charge < -0.3 is 15.1 Å². The summed E-state index contributed by atoms with van der Waals surface area (Å²) in [6.45, 7) is 5.11. The maximum Gasteiger partial charge on any atom is 0.416 e. The number of anilines is 1. The second kappa shape index (κ2) is 9.46. The first kappa shape index (κ1) is 23.4. The van der Waals surface area contributed by atoms with Gasteiger partial charge in [0.2, 0.25) is 0 Å². The van der Waals surface area contributed by atoms with Crippen LogP contribution in [0.5, 0.6) is 0 Å². The minimum absolute atomic E-state index is 0.118. The van der Waals surface area contributed by atoms with Crippen molar-refractivity contribution >= 4 is 17.4 Å². The molecule has 2 amide bonds. The molecule has 1 fully saturated rings. The number of amides is 2. The van der Waals surface area contributed by atoms with E-state index in [1.807, 2.05) is 31.2 Å².